The Bertz CT molecular complexity index is 391. The van der Waals surface area contributed by atoms with Crippen LogP contribution in [0, 0.1) is 17.0 Å². The summed E-state index contributed by atoms with van der Waals surface area (Å²) in [6.45, 7) is 5.96. The second kappa shape index (κ2) is 6.23. The monoisotopic (exact) mass is 236 g/mol. The minimum Gasteiger partial charge on any atom is -0.377 e. The summed E-state index contributed by atoms with van der Waals surface area (Å²) < 4.78 is 0. The Labute approximate surface area is 102 Å². The number of nitrogens with one attached hydrogen (secondary N) is 1. The lowest BCUT2D eigenvalue weighted by molar-refractivity contribution is -0.384. The van der Waals surface area contributed by atoms with Crippen LogP contribution in [-0.2, 0) is 0 Å². The molecule has 4 heteroatoms. The molecular weight excluding hydrogens is 216 g/mol. The predicted octanol–water partition coefficient (Wildman–Crippen LogP) is 3.89. The lowest BCUT2D eigenvalue weighted by Crippen LogP contribution is -2.16. The molecule has 0 spiro atoms. The molecule has 1 N–H and O–H groups in total. The number of unbranched alkanes of at least 4 members (excludes halogenated alkanes) is 1. The van der Waals surface area contributed by atoms with Crippen LogP contribution < -0.4 is 5.32 Å². The van der Waals surface area contributed by atoms with Crippen LogP contribution in [0.2, 0.25) is 0 Å². The Kier molecular flexibility index (Phi) is 4.94. The van der Waals surface area contributed by atoms with Gasteiger partial charge in [-0.15, -0.1) is 0 Å². The summed E-state index contributed by atoms with van der Waals surface area (Å²) in [6.07, 6.45) is 3.30. The molecule has 4 nitrogen and oxygen atoms in total. The topological polar surface area (TPSA) is 55.2 Å². The van der Waals surface area contributed by atoms with Crippen LogP contribution >= 0.6 is 0 Å². The van der Waals surface area contributed by atoms with E-state index in [9.17, 15) is 10.1 Å². The molecule has 0 heterocycles. The molecule has 94 valence electrons. The van der Waals surface area contributed by atoms with Gasteiger partial charge in [-0.1, -0.05) is 31.9 Å². The van der Waals surface area contributed by atoms with Gasteiger partial charge in [0.25, 0.3) is 5.69 Å². The molecule has 1 unspecified atom stereocenters. The normalized spacial score (nSPS) is 12.2. The molecule has 0 aromatic heterocycles. The first-order chi connectivity index (χ1) is 8.06. The highest BCUT2D eigenvalue weighted by atomic mass is 16.6. The molecular formula is C13H20N2O2. The molecule has 0 aliphatic carbocycles. The van der Waals surface area contributed by atoms with Crippen molar-refractivity contribution in [2.75, 3.05) is 5.32 Å². The van der Waals surface area contributed by atoms with Crippen LogP contribution in [0.25, 0.3) is 0 Å². The van der Waals surface area contributed by atoms with Crippen molar-refractivity contribution in [2.45, 2.75) is 46.1 Å². The fourth-order valence-electron chi connectivity index (χ4n) is 1.87. The molecule has 0 saturated heterocycles. The van der Waals surface area contributed by atoms with E-state index < -0.39 is 0 Å². The van der Waals surface area contributed by atoms with Crippen molar-refractivity contribution in [3.63, 3.8) is 0 Å². The summed E-state index contributed by atoms with van der Waals surface area (Å²) in [4.78, 5) is 10.7. The maximum absolute atomic E-state index is 11.0. The highest BCUT2D eigenvalue weighted by molar-refractivity contribution is 5.65. The Morgan fingerprint density at radius 2 is 2.18 bits per heavy atom. The molecule has 1 aromatic rings. The highest BCUT2D eigenvalue weighted by Crippen LogP contribution is 2.28. The van der Waals surface area contributed by atoms with Gasteiger partial charge < -0.3 is 5.32 Å². The van der Waals surface area contributed by atoms with Crippen LogP contribution in [0.1, 0.15) is 38.7 Å². The van der Waals surface area contributed by atoms with E-state index in [1.165, 1.54) is 0 Å². The minimum atomic E-state index is -0.315. The van der Waals surface area contributed by atoms with Crippen molar-refractivity contribution in [3.8, 4) is 0 Å². The number of para-hydroxylation sites is 1. The lowest BCUT2D eigenvalue weighted by Gasteiger charge is -2.15. The average molecular weight is 236 g/mol. The maximum Gasteiger partial charge on any atom is 0.295 e. The molecule has 1 aromatic carbocycles. The van der Waals surface area contributed by atoms with Crippen molar-refractivity contribution >= 4 is 11.4 Å². The SMILES string of the molecule is CCCCC(C)Nc1cccc(C)c1[N+](=O)[O-]. The summed E-state index contributed by atoms with van der Waals surface area (Å²) >= 11 is 0. The first-order valence-corrected chi connectivity index (χ1v) is 6.06. The van der Waals surface area contributed by atoms with Gasteiger partial charge in [0.1, 0.15) is 5.69 Å². The van der Waals surface area contributed by atoms with E-state index in [2.05, 4.69) is 19.2 Å². The Morgan fingerprint density at radius 1 is 1.47 bits per heavy atom. The van der Waals surface area contributed by atoms with Crippen molar-refractivity contribution in [1.82, 2.24) is 0 Å². The van der Waals surface area contributed by atoms with Gasteiger partial charge in [0.2, 0.25) is 0 Å². The predicted molar refractivity (Wildman–Crippen MR) is 70.4 cm³/mol. The van der Waals surface area contributed by atoms with Gasteiger partial charge in [-0.05, 0) is 26.3 Å². The third kappa shape index (κ3) is 3.73. The summed E-state index contributed by atoms with van der Waals surface area (Å²) in [6, 6.07) is 5.64. The van der Waals surface area contributed by atoms with Gasteiger partial charge in [-0.25, -0.2) is 0 Å². The van der Waals surface area contributed by atoms with Crippen LogP contribution in [0.4, 0.5) is 11.4 Å². The smallest absolute Gasteiger partial charge is 0.295 e. The first kappa shape index (κ1) is 13.5. The third-order valence-electron chi connectivity index (χ3n) is 2.81. The molecule has 1 atom stereocenters. The standard InChI is InChI=1S/C13H20N2O2/c1-4-5-8-11(3)14-12-9-6-7-10(2)13(12)15(16)17/h6-7,9,11,14H,4-5,8H2,1-3H3. The van der Waals surface area contributed by atoms with E-state index in [-0.39, 0.29) is 16.7 Å². The van der Waals surface area contributed by atoms with Crippen LogP contribution in [-0.4, -0.2) is 11.0 Å². The summed E-state index contributed by atoms with van der Waals surface area (Å²) in [5.41, 5.74) is 1.51. The van der Waals surface area contributed by atoms with E-state index >= 15 is 0 Å². The quantitative estimate of drug-likeness (QED) is 0.602. The largest absolute Gasteiger partial charge is 0.377 e. The van der Waals surface area contributed by atoms with Crippen LogP contribution in [0.3, 0.4) is 0 Å². The van der Waals surface area contributed by atoms with Gasteiger partial charge in [-0.3, -0.25) is 10.1 Å². The molecule has 17 heavy (non-hydrogen) atoms. The van der Waals surface area contributed by atoms with E-state index in [1.807, 2.05) is 6.07 Å². The molecule has 1 rings (SSSR count). The Morgan fingerprint density at radius 3 is 2.76 bits per heavy atom. The number of rotatable bonds is 6. The number of nitro benzene ring substituents is 1. The van der Waals surface area contributed by atoms with E-state index in [4.69, 9.17) is 0 Å². The number of nitrogens with zero attached hydrogens (tertiary/aromatic N) is 1. The van der Waals surface area contributed by atoms with E-state index in [1.54, 1.807) is 19.1 Å². The highest BCUT2D eigenvalue weighted by Gasteiger charge is 2.17. The van der Waals surface area contributed by atoms with Gasteiger partial charge in [0.15, 0.2) is 0 Å². The zero-order valence-corrected chi connectivity index (χ0v) is 10.7. The van der Waals surface area contributed by atoms with Crippen molar-refractivity contribution in [2.24, 2.45) is 0 Å². The molecule has 0 fully saturated rings. The molecule has 0 saturated carbocycles. The first-order valence-electron chi connectivity index (χ1n) is 6.06. The third-order valence-corrected chi connectivity index (χ3v) is 2.81. The number of hydrogen-bond acceptors (Lipinski definition) is 3. The number of nitro groups is 1. The molecule has 0 amide bonds. The summed E-state index contributed by atoms with van der Waals surface area (Å²) in [7, 11) is 0. The van der Waals surface area contributed by atoms with Gasteiger partial charge in [0, 0.05) is 11.6 Å². The van der Waals surface area contributed by atoms with Gasteiger partial charge >= 0.3 is 0 Å². The molecule has 0 radical (unpaired) electrons. The van der Waals surface area contributed by atoms with Gasteiger partial charge in [0.05, 0.1) is 4.92 Å². The van der Waals surface area contributed by atoms with Crippen LogP contribution in [0.5, 0.6) is 0 Å². The Balaban J connectivity index is 2.83. The number of anilines is 1. The van der Waals surface area contributed by atoms with E-state index in [0.717, 1.165) is 19.3 Å². The van der Waals surface area contributed by atoms with E-state index in [0.29, 0.717) is 11.3 Å². The maximum atomic E-state index is 11.0. The minimum absolute atomic E-state index is 0.191. The van der Waals surface area contributed by atoms with Crippen molar-refractivity contribution in [1.29, 1.82) is 0 Å². The molecule has 0 aliphatic rings. The average Bonchev–Trinajstić information content (AvgIpc) is 2.25. The van der Waals surface area contributed by atoms with Crippen LogP contribution in [0.15, 0.2) is 18.2 Å². The fraction of sp³-hybridized carbons (Fsp3) is 0.538. The zero-order chi connectivity index (χ0) is 12.8. The number of hydrogen-bond donors (Lipinski definition) is 1. The second-order valence-corrected chi connectivity index (χ2v) is 4.42. The molecule has 0 bridgehead atoms. The molecule has 0 aliphatic heterocycles. The number of aryl methyl sites for hydroxylation is 1. The van der Waals surface area contributed by atoms with Gasteiger partial charge in [-0.2, -0.15) is 0 Å². The fourth-order valence-corrected chi connectivity index (χ4v) is 1.87. The Hall–Kier alpha value is -1.58. The zero-order valence-electron chi connectivity index (χ0n) is 10.7. The summed E-state index contributed by atoms with van der Waals surface area (Å²) in [5, 5.41) is 14.2. The lowest BCUT2D eigenvalue weighted by atomic mass is 10.1. The number of benzene rings is 1. The van der Waals surface area contributed by atoms with Crippen molar-refractivity contribution in [3.05, 3.63) is 33.9 Å². The summed E-state index contributed by atoms with van der Waals surface area (Å²) in [5.74, 6) is 0. The van der Waals surface area contributed by atoms with Crippen molar-refractivity contribution < 1.29 is 4.92 Å². The second-order valence-electron chi connectivity index (χ2n) is 4.42.